The predicted molar refractivity (Wildman–Crippen MR) is 94.0 cm³/mol. The van der Waals surface area contributed by atoms with Crippen molar-refractivity contribution in [1.29, 1.82) is 5.26 Å². The fourth-order valence-electron chi connectivity index (χ4n) is 2.00. The third-order valence-electron chi connectivity index (χ3n) is 3.40. The Morgan fingerprint density at radius 2 is 2.12 bits per heavy atom. The van der Waals surface area contributed by atoms with E-state index in [1.54, 1.807) is 24.3 Å². The average Bonchev–Trinajstić information content (AvgIpc) is 3.03. The monoisotopic (exact) mass is 343 g/mol. The topological polar surface area (TPSA) is 75.0 Å². The number of nitrogens with one attached hydrogen (secondary N) is 1. The second kappa shape index (κ2) is 7.45. The molecule has 0 radical (unpaired) electrons. The number of nitriles is 1. The van der Waals surface area contributed by atoms with E-state index in [4.69, 9.17) is 10.00 Å². The van der Waals surface area contributed by atoms with Crippen LogP contribution in [0.4, 0.5) is 0 Å². The first-order valence-corrected chi connectivity index (χ1v) is 8.56. The summed E-state index contributed by atoms with van der Waals surface area (Å²) in [5, 5.41) is 14.8. The summed E-state index contributed by atoms with van der Waals surface area (Å²) >= 11 is 1.54. The molecule has 6 heteroatoms. The molecular weight excluding hydrogens is 322 g/mol. The third-order valence-corrected chi connectivity index (χ3v) is 4.43. The summed E-state index contributed by atoms with van der Waals surface area (Å²) in [6.07, 6.45) is 0. The molecule has 1 atom stereocenters. The first-order chi connectivity index (χ1) is 11.3. The number of nitrogens with zero attached hydrogens (tertiary/aromatic N) is 2. The molecule has 1 aromatic heterocycles. The van der Waals surface area contributed by atoms with Crippen molar-refractivity contribution in [1.82, 2.24) is 10.3 Å². The normalized spacial score (nSPS) is 12.3. The molecule has 0 aliphatic heterocycles. The van der Waals surface area contributed by atoms with Gasteiger partial charge in [-0.3, -0.25) is 4.79 Å². The van der Waals surface area contributed by atoms with Crippen LogP contribution in [0.2, 0.25) is 0 Å². The molecule has 2 aromatic rings. The molecule has 1 amide bonds. The van der Waals surface area contributed by atoms with Crippen LogP contribution in [0.1, 0.15) is 50.0 Å². The average molecular weight is 343 g/mol. The summed E-state index contributed by atoms with van der Waals surface area (Å²) in [4.78, 5) is 16.7. The number of hydrogen-bond donors (Lipinski definition) is 1. The fourth-order valence-corrected chi connectivity index (χ4v) is 3.06. The summed E-state index contributed by atoms with van der Waals surface area (Å²) in [5.41, 5.74) is 1.42. The number of carbonyl (C=O) groups excluding carboxylic acids is 1. The predicted octanol–water partition coefficient (Wildman–Crippen LogP) is 3.57. The van der Waals surface area contributed by atoms with Gasteiger partial charge in [0, 0.05) is 10.8 Å². The van der Waals surface area contributed by atoms with Crippen LogP contribution in [0, 0.1) is 11.3 Å². The molecule has 24 heavy (non-hydrogen) atoms. The Hall–Kier alpha value is -2.39. The first kappa shape index (κ1) is 18.0. The lowest BCUT2D eigenvalue weighted by Gasteiger charge is -2.15. The van der Waals surface area contributed by atoms with Gasteiger partial charge in [0.1, 0.15) is 16.8 Å². The molecular formula is C18H21N3O2S. The Bertz CT molecular complexity index is 756. The maximum Gasteiger partial charge on any atom is 0.258 e. The summed E-state index contributed by atoms with van der Waals surface area (Å²) in [5.74, 6) is 0.162. The van der Waals surface area contributed by atoms with E-state index in [1.165, 1.54) is 11.3 Å². The molecule has 2 rings (SSSR count). The van der Waals surface area contributed by atoms with Gasteiger partial charge in [0.25, 0.3) is 5.91 Å². The van der Waals surface area contributed by atoms with E-state index in [2.05, 4.69) is 31.1 Å². The quantitative estimate of drug-likeness (QED) is 0.900. The summed E-state index contributed by atoms with van der Waals surface area (Å²) in [6.45, 7) is 8.08. The van der Waals surface area contributed by atoms with E-state index in [1.807, 2.05) is 18.4 Å². The molecule has 0 spiro atoms. The van der Waals surface area contributed by atoms with Crippen LogP contribution < -0.4 is 10.1 Å². The fraction of sp³-hybridized carbons (Fsp3) is 0.389. The van der Waals surface area contributed by atoms with Crippen LogP contribution in [0.15, 0.2) is 29.6 Å². The molecule has 0 bridgehead atoms. The molecule has 1 aromatic carbocycles. The van der Waals surface area contributed by atoms with Gasteiger partial charge >= 0.3 is 0 Å². The van der Waals surface area contributed by atoms with Crippen LogP contribution in [0.25, 0.3) is 0 Å². The van der Waals surface area contributed by atoms with Crippen molar-refractivity contribution in [3.05, 3.63) is 45.9 Å². The van der Waals surface area contributed by atoms with Crippen molar-refractivity contribution in [2.24, 2.45) is 0 Å². The van der Waals surface area contributed by atoms with Gasteiger partial charge in [-0.2, -0.15) is 5.26 Å². The van der Waals surface area contributed by atoms with Gasteiger partial charge in [-0.15, -0.1) is 11.3 Å². The summed E-state index contributed by atoms with van der Waals surface area (Å²) in [7, 11) is 0. The molecule has 126 valence electrons. The highest BCUT2D eigenvalue weighted by Gasteiger charge is 2.20. The molecule has 0 fully saturated rings. The molecule has 0 saturated heterocycles. The molecule has 1 N–H and O–H groups in total. The van der Waals surface area contributed by atoms with Crippen molar-refractivity contribution in [2.75, 3.05) is 6.61 Å². The third kappa shape index (κ3) is 4.56. The van der Waals surface area contributed by atoms with Gasteiger partial charge in [0.05, 0.1) is 17.3 Å². The van der Waals surface area contributed by atoms with Gasteiger partial charge < -0.3 is 10.1 Å². The lowest BCUT2D eigenvalue weighted by Crippen LogP contribution is -2.31. The van der Waals surface area contributed by atoms with E-state index in [-0.39, 0.29) is 24.0 Å². The molecule has 0 aliphatic rings. The Morgan fingerprint density at radius 1 is 1.42 bits per heavy atom. The lowest BCUT2D eigenvalue weighted by atomic mass is 9.93. The number of aromatic nitrogens is 1. The van der Waals surface area contributed by atoms with E-state index in [0.29, 0.717) is 11.3 Å². The molecule has 1 heterocycles. The van der Waals surface area contributed by atoms with E-state index >= 15 is 0 Å². The minimum absolute atomic E-state index is 0.0113. The number of rotatable bonds is 5. The van der Waals surface area contributed by atoms with Crippen molar-refractivity contribution < 1.29 is 9.53 Å². The number of thiazole rings is 1. The number of ether oxygens (including phenoxy) is 1. The van der Waals surface area contributed by atoms with Crippen molar-refractivity contribution in [3.8, 4) is 11.8 Å². The maximum absolute atomic E-state index is 12.1. The Kier molecular flexibility index (Phi) is 5.58. The van der Waals surface area contributed by atoms with Crippen LogP contribution in [0.3, 0.4) is 0 Å². The van der Waals surface area contributed by atoms with Gasteiger partial charge in [-0.25, -0.2) is 4.98 Å². The number of benzene rings is 1. The first-order valence-electron chi connectivity index (χ1n) is 7.68. The number of hydrogen-bond acceptors (Lipinski definition) is 5. The largest absolute Gasteiger partial charge is 0.482 e. The van der Waals surface area contributed by atoms with Gasteiger partial charge in [0.15, 0.2) is 6.61 Å². The zero-order valence-corrected chi connectivity index (χ0v) is 15.1. The zero-order valence-electron chi connectivity index (χ0n) is 14.3. The standard InChI is InChI=1S/C18H21N3O2S/c1-12(17-21-15(11-24-17)18(2,3)4)20-16(22)10-23-14-8-6-5-7-13(14)9-19/h5-8,11-12H,10H2,1-4H3,(H,20,22)/t12-/m0/s1. The highest BCUT2D eigenvalue weighted by atomic mass is 32.1. The Morgan fingerprint density at radius 3 is 2.75 bits per heavy atom. The minimum Gasteiger partial charge on any atom is -0.482 e. The van der Waals surface area contributed by atoms with Crippen molar-refractivity contribution in [3.63, 3.8) is 0 Å². The molecule has 5 nitrogen and oxygen atoms in total. The van der Waals surface area contributed by atoms with Crippen LogP contribution in [0.5, 0.6) is 5.75 Å². The second-order valence-electron chi connectivity index (χ2n) is 6.51. The highest BCUT2D eigenvalue weighted by Crippen LogP contribution is 2.26. The SMILES string of the molecule is C[C@H](NC(=O)COc1ccccc1C#N)c1nc(C(C)(C)C)cs1. The van der Waals surface area contributed by atoms with Gasteiger partial charge in [0.2, 0.25) is 0 Å². The van der Waals surface area contributed by atoms with Crippen LogP contribution in [-0.2, 0) is 10.2 Å². The number of carbonyl (C=O) groups is 1. The smallest absolute Gasteiger partial charge is 0.258 e. The van der Waals surface area contributed by atoms with E-state index in [0.717, 1.165) is 10.7 Å². The van der Waals surface area contributed by atoms with E-state index in [9.17, 15) is 4.79 Å². The summed E-state index contributed by atoms with van der Waals surface area (Å²) in [6, 6.07) is 8.69. The Labute approximate surface area is 146 Å². The molecule has 0 unspecified atom stereocenters. The zero-order chi connectivity index (χ0) is 17.7. The number of para-hydroxylation sites is 1. The van der Waals surface area contributed by atoms with Gasteiger partial charge in [-0.05, 0) is 19.1 Å². The second-order valence-corrected chi connectivity index (χ2v) is 7.40. The highest BCUT2D eigenvalue weighted by molar-refractivity contribution is 7.09. The van der Waals surface area contributed by atoms with Crippen molar-refractivity contribution in [2.45, 2.75) is 39.2 Å². The molecule has 0 aliphatic carbocycles. The molecule has 0 saturated carbocycles. The van der Waals surface area contributed by atoms with Gasteiger partial charge in [-0.1, -0.05) is 32.9 Å². The Balaban J connectivity index is 1.92. The van der Waals surface area contributed by atoms with Crippen molar-refractivity contribution >= 4 is 17.2 Å². The maximum atomic E-state index is 12.1. The van der Waals surface area contributed by atoms with Crippen LogP contribution in [-0.4, -0.2) is 17.5 Å². The summed E-state index contributed by atoms with van der Waals surface area (Å²) < 4.78 is 5.43. The minimum atomic E-state index is -0.247. The van der Waals surface area contributed by atoms with E-state index < -0.39 is 0 Å². The van der Waals surface area contributed by atoms with Crippen LogP contribution >= 0.6 is 11.3 Å². The lowest BCUT2D eigenvalue weighted by molar-refractivity contribution is -0.123. The number of amides is 1.